The fraction of sp³-hybridized carbons (Fsp3) is 0.300. The minimum atomic E-state index is -0.625. The largest absolute Gasteiger partial charge is 0.464 e. The van der Waals surface area contributed by atoms with Crippen LogP contribution in [0.2, 0.25) is 5.02 Å². The van der Waals surface area contributed by atoms with E-state index in [2.05, 4.69) is 0 Å². The summed E-state index contributed by atoms with van der Waals surface area (Å²) >= 11 is 7.89. The number of hydrogen-bond acceptors (Lipinski definition) is 4. The van der Waals surface area contributed by atoms with Gasteiger partial charge in [0.25, 0.3) is 5.91 Å². The quantitative estimate of drug-likeness (QED) is 0.704. The number of nitrogens with zero attached hydrogens (tertiary/aromatic N) is 1. The van der Waals surface area contributed by atoms with E-state index in [1.807, 2.05) is 43.3 Å². The van der Waals surface area contributed by atoms with E-state index in [9.17, 15) is 9.59 Å². The van der Waals surface area contributed by atoms with Gasteiger partial charge in [-0.1, -0.05) is 54.9 Å². The Hall–Kier alpha value is -1.98. The first-order valence-electron chi connectivity index (χ1n) is 8.54. The van der Waals surface area contributed by atoms with Crippen LogP contribution in [0.5, 0.6) is 0 Å². The lowest BCUT2D eigenvalue weighted by molar-refractivity contribution is -0.148. The van der Waals surface area contributed by atoms with E-state index in [0.29, 0.717) is 22.9 Å². The van der Waals surface area contributed by atoms with E-state index in [-0.39, 0.29) is 17.3 Å². The summed E-state index contributed by atoms with van der Waals surface area (Å²) in [6, 6.07) is 15.8. The van der Waals surface area contributed by atoms with Crippen molar-refractivity contribution in [2.24, 2.45) is 0 Å². The number of esters is 1. The number of halogens is 1. The van der Waals surface area contributed by atoms with Crippen LogP contribution in [0.1, 0.15) is 34.6 Å². The lowest BCUT2D eigenvalue weighted by Gasteiger charge is -2.29. The zero-order chi connectivity index (χ0) is 18.5. The predicted octanol–water partition coefficient (Wildman–Crippen LogP) is 4.55. The van der Waals surface area contributed by atoms with Crippen LogP contribution in [0.4, 0.5) is 0 Å². The normalized spacial score (nSPS) is 19.4. The third-order valence-electron chi connectivity index (χ3n) is 4.15. The highest BCUT2D eigenvalue weighted by atomic mass is 35.5. The summed E-state index contributed by atoms with van der Waals surface area (Å²) in [5.41, 5.74) is 1.37. The molecule has 3 rings (SSSR count). The zero-order valence-corrected chi connectivity index (χ0v) is 16.0. The van der Waals surface area contributed by atoms with Gasteiger partial charge in [0.2, 0.25) is 0 Å². The molecule has 6 heteroatoms. The lowest BCUT2D eigenvalue weighted by Crippen LogP contribution is -2.44. The van der Waals surface area contributed by atoms with Gasteiger partial charge in [0, 0.05) is 21.9 Å². The van der Waals surface area contributed by atoms with Gasteiger partial charge in [-0.25, -0.2) is 4.79 Å². The molecular weight excluding hydrogens is 370 g/mol. The number of ether oxygens (including phenoxy) is 1. The Bertz CT molecular complexity index is 784. The molecule has 4 nitrogen and oxygen atoms in total. The van der Waals surface area contributed by atoms with Crippen LogP contribution in [0, 0.1) is 0 Å². The van der Waals surface area contributed by atoms with Gasteiger partial charge in [0.15, 0.2) is 0 Å². The Kier molecular flexibility index (Phi) is 6.22. The standard InChI is InChI=1S/C20H20ClNO3S/c1-2-12-25-20(24)17-13-26-19(15-10-6-7-11-16(15)21)22(17)18(23)14-8-4-3-5-9-14/h3-11,17,19H,2,12-13H2,1H3/t17-,19-/m0/s1. The molecule has 2 aromatic carbocycles. The van der Waals surface area contributed by atoms with Crippen LogP contribution in [0.25, 0.3) is 0 Å². The second-order valence-corrected chi connectivity index (χ2v) is 7.49. The summed E-state index contributed by atoms with van der Waals surface area (Å²) in [6.45, 7) is 2.29. The van der Waals surface area contributed by atoms with Gasteiger partial charge in [0.1, 0.15) is 11.4 Å². The molecule has 1 saturated heterocycles. The SMILES string of the molecule is CCCOC(=O)[C@@H]1CS[C@@H](c2ccccc2Cl)N1C(=O)c1ccccc1. The highest BCUT2D eigenvalue weighted by molar-refractivity contribution is 7.99. The smallest absolute Gasteiger partial charge is 0.329 e. The maximum absolute atomic E-state index is 13.2. The number of rotatable bonds is 5. The molecule has 0 radical (unpaired) electrons. The molecule has 2 atom stereocenters. The molecule has 26 heavy (non-hydrogen) atoms. The van der Waals surface area contributed by atoms with Crippen LogP contribution >= 0.6 is 23.4 Å². The van der Waals surface area contributed by atoms with Crippen molar-refractivity contribution in [3.8, 4) is 0 Å². The first kappa shape index (κ1) is 18.8. The molecule has 1 fully saturated rings. The average molecular weight is 390 g/mol. The Morgan fingerprint density at radius 3 is 2.54 bits per heavy atom. The van der Waals surface area contributed by atoms with Crippen molar-refractivity contribution in [2.75, 3.05) is 12.4 Å². The van der Waals surface area contributed by atoms with Gasteiger partial charge in [-0.3, -0.25) is 4.79 Å². The van der Waals surface area contributed by atoms with Crippen molar-refractivity contribution in [1.82, 2.24) is 4.90 Å². The van der Waals surface area contributed by atoms with Gasteiger partial charge in [-0.15, -0.1) is 11.8 Å². The topological polar surface area (TPSA) is 46.6 Å². The molecule has 1 amide bonds. The number of thioether (sulfide) groups is 1. The van der Waals surface area contributed by atoms with Gasteiger partial charge in [-0.2, -0.15) is 0 Å². The first-order valence-corrected chi connectivity index (χ1v) is 9.96. The van der Waals surface area contributed by atoms with Crippen LogP contribution in [-0.4, -0.2) is 35.2 Å². The van der Waals surface area contributed by atoms with Gasteiger partial charge in [0.05, 0.1) is 6.61 Å². The zero-order valence-electron chi connectivity index (χ0n) is 14.4. The maximum atomic E-state index is 13.2. The number of hydrogen-bond donors (Lipinski definition) is 0. The van der Waals surface area contributed by atoms with Crippen molar-refractivity contribution in [1.29, 1.82) is 0 Å². The summed E-state index contributed by atoms with van der Waals surface area (Å²) < 4.78 is 5.33. The molecule has 1 aliphatic rings. The molecule has 0 aliphatic carbocycles. The molecular formula is C20H20ClNO3S. The van der Waals surface area contributed by atoms with E-state index >= 15 is 0 Å². The average Bonchev–Trinajstić information content (AvgIpc) is 3.11. The summed E-state index contributed by atoms with van der Waals surface area (Å²) in [4.78, 5) is 27.4. The highest BCUT2D eigenvalue weighted by Gasteiger charge is 2.44. The van der Waals surface area contributed by atoms with Crippen molar-refractivity contribution in [3.63, 3.8) is 0 Å². The Labute approximate surface area is 162 Å². The summed E-state index contributed by atoms with van der Waals surface area (Å²) in [5.74, 6) is -0.0750. The van der Waals surface area contributed by atoms with Crippen molar-refractivity contribution in [2.45, 2.75) is 24.8 Å². The Morgan fingerprint density at radius 2 is 1.85 bits per heavy atom. The van der Waals surface area contributed by atoms with Crippen LogP contribution in [0.3, 0.4) is 0 Å². The predicted molar refractivity (Wildman–Crippen MR) is 104 cm³/mol. The highest BCUT2D eigenvalue weighted by Crippen LogP contribution is 2.44. The molecule has 0 N–H and O–H groups in total. The lowest BCUT2D eigenvalue weighted by atomic mass is 10.1. The second kappa shape index (κ2) is 8.60. The monoisotopic (exact) mass is 389 g/mol. The van der Waals surface area contributed by atoms with Crippen molar-refractivity contribution < 1.29 is 14.3 Å². The van der Waals surface area contributed by atoms with E-state index in [1.54, 1.807) is 23.1 Å². The number of carbonyl (C=O) groups is 2. The van der Waals surface area contributed by atoms with Crippen molar-refractivity contribution >= 4 is 35.2 Å². The first-order chi connectivity index (χ1) is 12.6. The molecule has 0 bridgehead atoms. The Morgan fingerprint density at radius 1 is 1.15 bits per heavy atom. The molecule has 0 spiro atoms. The summed E-state index contributed by atoms with van der Waals surface area (Å²) in [6.07, 6.45) is 0.742. The molecule has 1 heterocycles. The second-order valence-electron chi connectivity index (χ2n) is 5.97. The molecule has 0 saturated carbocycles. The number of amides is 1. The fourth-order valence-electron chi connectivity index (χ4n) is 2.88. The van der Waals surface area contributed by atoms with Crippen LogP contribution in [0.15, 0.2) is 54.6 Å². The molecule has 2 aromatic rings. The fourth-order valence-corrected chi connectivity index (χ4v) is 4.63. The molecule has 0 aromatic heterocycles. The van der Waals surface area contributed by atoms with Crippen LogP contribution < -0.4 is 0 Å². The van der Waals surface area contributed by atoms with Gasteiger partial charge < -0.3 is 9.64 Å². The third-order valence-corrected chi connectivity index (χ3v) is 5.80. The molecule has 0 unspecified atom stereocenters. The van der Waals surface area contributed by atoms with E-state index < -0.39 is 6.04 Å². The van der Waals surface area contributed by atoms with E-state index in [0.717, 1.165) is 12.0 Å². The van der Waals surface area contributed by atoms with Crippen molar-refractivity contribution in [3.05, 3.63) is 70.7 Å². The minimum Gasteiger partial charge on any atom is -0.464 e. The molecule has 136 valence electrons. The van der Waals surface area contributed by atoms with E-state index in [4.69, 9.17) is 16.3 Å². The summed E-state index contributed by atoms with van der Waals surface area (Å²) in [7, 11) is 0. The molecule has 1 aliphatic heterocycles. The minimum absolute atomic E-state index is 0.195. The van der Waals surface area contributed by atoms with Crippen LogP contribution in [-0.2, 0) is 9.53 Å². The number of benzene rings is 2. The Balaban J connectivity index is 1.96. The third kappa shape index (κ3) is 3.89. The number of carbonyl (C=O) groups excluding carboxylic acids is 2. The van der Waals surface area contributed by atoms with E-state index in [1.165, 1.54) is 11.8 Å². The van der Waals surface area contributed by atoms with Gasteiger partial charge in [-0.05, 0) is 24.6 Å². The van der Waals surface area contributed by atoms with Gasteiger partial charge >= 0.3 is 5.97 Å². The summed E-state index contributed by atoms with van der Waals surface area (Å²) in [5, 5.41) is 0.258. The maximum Gasteiger partial charge on any atom is 0.329 e.